The zero-order valence-electron chi connectivity index (χ0n) is 15.1. The third-order valence-corrected chi connectivity index (χ3v) is 3.60. The minimum absolute atomic E-state index is 0. The van der Waals surface area contributed by atoms with Crippen molar-refractivity contribution >= 4 is 24.0 Å². The second-order valence-electron chi connectivity index (χ2n) is 6.06. The first-order valence-electron chi connectivity index (χ1n) is 8.26. The lowest BCUT2D eigenvalue weighted by atomic mass is 10.0. The number of hydrogen-bond donors (Lipinski definition) is 2. The molecular formula is C18H31ClN2O3. The lowest BCUT2D eigenvalue weighted by Crippen LogP contribution is -2.36. The van der Waals surface area contributed by atoms with Crippen LogP contribution in [-0.4, -0.2) is 31.8 Å². The van der Waals surface area contributed by atoms with Gasteiger partial charge in [0.25, 0.3) is 0 Å². The molecule has 1 rings (SSSR count). The predicted molar refractivity (Wildman–Crippen MR) is 101 cm³/mol. The van der Waals surface area contributed by atoms with E-state index in [1.807, 2.05) is 32.0 Å². The normalized spacial score (nSPS) is 11.9. The molecule has 0 radical (unpaired) electrons. The van der Waals surface area contributed by atoms with Crippen molar-refractivity contribution < 1.29 is 14.3 Å². The summed E-state index contributed by atoms with van der Waals surface area (Å²) in [6.07, 6.45) is 0.672. The molecule has 5 nitrogen and oxygen atoms in total. The average molecular weight is 359 g/mol. The van der Waals surface area contributed by atoms with E-state index in [0.29, 0.717) is 38.8 Å². The Morgan fingerprint density at radius 2 is 1.92 bits per heavy atom. The van der Waals surface area contributed by atoms with Gasteiger partial charge in [0.05, 0.1) is 25.9 Å². The summed E-state index contributed by atoms with van der Waals surface area (Å²) in [7, 11) is 0. The Kier molecular flexibility index (Phi) is 11.7. The van der Waals surface area contributed by atoms with Crippen LogP contribution in [0.5, 0.6) is 0 Å². The SMILES string of the molecule is CCOCCOCc1cccc(NC(=O)[C@@H](N)CC(C)C)c1C.Cl. The highest BCUT2D eigenvalue weighted by Crippen LogP contribution is 2.20. The van der Waals surface area contributed by atoms with Crippen LogP contribution >= 0.6 is 12.4 Å². The standard InChI is InChI=1S/C18H30N2O3.ClH/c1-5-22-9-10-23-12-15-7-6-8-17(14(15)4)20-18(21)16(19)11-13(2)3;/h6-8,13,16H,5,9-12,19H2,1-4H3,(H,20,21);1H/t16-;/m0./s1. The largest absolute Gasteiger partial charge is 0.379 e. The topological polar surface area (TPSA) is 73.6 Å². The van der Waals surface area contributed by atoms with Crippen LogP contribution in [0.25, 0.3) is 0 Å². The van der Waals surface area contributed by atoms with Gasteiger partial charge in [0, 0.05) is 12.3 Å². The molecule has 0 unspecified atom stereocenters. The first-order valence-corrected chi connectivity index (χ1v) is 8.26. The Balaban J connectivity index is 0.00000529. The summed E-state index contributed by atoms with van der Waals surface area (Å²) >= 11 is 0. The van der Waals surface area contributed by atoms with Gasteiger partial charge in [-0.05, 0) is 43.4 Å². The Hall–Kier alpha value is -1.14. The second-order valence-corrected chi connectivity index (χ2v) is 6.06. The number of carbonyl (C=O) groups is 1. The van der Waals surface area contributed by atoms with E-state index < -0.39 is 6.04 Å². The highest BCUT2D eigenvalue weighted by atomic mass is 35.5. The van der Waals surface area contributed by atoms with Crippen LogP contribution in [0.3, 0.4) is 0 Å². The zero-order valence-corrected chi connectivity index (χ0v) is 15.9. The lowest BCUT2D eigenvalue weighted by Gasteiger charge is -2.17. The van der Waals surface area contributed by atoms with Crippen LogP contribution in [0.2, 0.25) is 0 Å². The summed E-state index contributed by atoms with van der Waals surface area (Å²) in [5, 5.41) is 2.92. The molecule has 3 N–H and O–H groups in total. The fraction of sp³-hybridized carbons (Fsp3) is 0.611. The highest BCUT2D eigenvalue weighted by molar-refractivity contribution is 5.95. The van der Waals surface area contributed by atoms with Crippen molar-refractivity contribution in [3.05, 3.63) is 29.3 Å². The molecule has 1 aromatic carbocycles. The van der Waals surface area contributed by atoms with Gasteiger partial charge in [0.15, 0.2) is 0 Å². The van der Waals surface area contributed by atoms with E-state index in [-0.39, 0.29) is 18.3 Å². The number of anilines is 1. The monoisotopic (exact) mass is 358 g/mol. The molecule has 1 atom stereocenters. The smallest absolute Gasteiger partial charge is 0.241 e. The van der Waals surface area contributed by atoms with Crippen molar-refractivity contribution in [2.24, 2.45) is 11.7 Å². The van der Waals surface area contributed by atoms with E-state index in [0.717, 1.165) is 16.8 Å². The van der Waals surface area contributed by atoms with Gasteiger partial charge >= 0.3 is 0 Å². The van der Waals surface area contributed by atoms with Gasteiger partial charge in [0.2, 0.25) is 5.91 Å². The second kappa shape index (κ2) is 12.3. The number of amides is 1. The lowest BCUT2D eigenvalue weighted by molar-refractivity contribution is -0.117. The first-order chi connectivity index (χ1) is 11.0. The minimum Gasteiger partial charge on any atom is -0.379 e. The molecule has 0 aliphatic carbocycles. The maximum Gasteiger partial charge on any atom is 0.241 e. The molecule has 0 saturated carbocycles. The van der Waals surface area contributed by atoms with Gasteiger partial charge in [-0.2, -0.15) is 0 Å². The molecule has 0 heterocycles. The molecule has 0 fully saturated rings. The molecule has 1 amide bonds. The van der Waals surface area contributed by atoms with Crippen LogP contribution < -0.4 is 11.1 Å². The summed E-state index contributed by atoms with van der Waals surface area (Å²) in [5.74, 6) is 0.248. The van der Waals surface area contributed by atoms with E-state index in [9.17, 15) is 4.79 Å². The molecule has 24 heavy (non-hydrogen) atoms. The molecule has 0 spiro atoms. The number of ether oxygens (including phenoxy) is 2. The summed E-state index contributed by atoms with van der Waals surface area (Å²) < 4.78 is 10.8. The number of benzene rings is 1. The van der Waals surface area contributed by atoms with Crippen LogP contribution in [-0.2, 0) is 20.9 Å². The molecule has 0 bridgehead atoms. The Morgan fingerprint density at radius 3 is 2.54 bits per heavy atom. The van der Waals surface area contributed by atoms with Crippen LogP contribution in [0.1, 0.15) is 38.3 Å². The molecule has 0 saturated heterocycles. The van der Waals surface area contributed by atoms with Crippen LogP contribution in [0, 0.1) is 12.8 Å². The Morgan fingerprint density at radius 1 is 1.25 bits per heavy atom. The van der Waals surface area contributed by atoms with Gasteiger partial charge in [0.1, 0.15) is 0 Å². The van der Waals surface area contributed by atoms with E-state index in [4.69, 9.17) is 15.2 Å². The van der Waals surface area contributed by atoms with Crippen molar-refractivity contribution in [3.63, 3.8) is 0 Å². The Labute approximate surface area is 151 Å². The van der Waals surface area contributed by atoms with Crippen LogP contribution in [0.4, 0.5) is 5.69 Å². The fourth-order valence-corrected chi connectivity index (χ4v) is 2.26. The third kappa shape index (κ3) is 8.11. The number of hydrogen-bond acceptors (Lipinski definition) is 4. The van der Waals surface area contributed by atoms with Crippen molar-refractivity contribution in [2.45, 2.75) is 46.8 Å². The summed E-state index contributed by atoms with van der Waals surface area (Å²) in [4.78, 5) is 12.2. The Bertz CT molecular complexity index is 495. The quantitative estimate of drug-likeness (QED) is 0.629. The van der Waals surface area contributed by atoms with Gasteiger partial charge < -0.3 is 20.5 Å². The van der Waals surface area contributed by atoms with Gasteiger partial charge in [-0.25, -0.2) is 0 Å². The number of nitrogens with two attached hydrogens (primary N) is 1. The molecule has 138 valence electrons. The fourth-order valence-electron chi connectivity index (χ4n) is 2.26. The maximum absolute atomic E-state index is 12.2. The molecule has 0 aliphatic rings. The minimum atomic E-state index is -0.486. The number of nitrogens with one attached hydrogen (secondary N) is 1. The average Bonchev–Trinajstić information content (AvgIpc) is 2.49. The number of halogens is 1. The van der Waals surface area contributed by atoms with Crippen molar-refractivity contribution in [2.75, 3.05) is 25.1 Å². The number of carbonyl (C=O) groups excluding carboxylic acids is 1. The van der Waals surface area contributed by atoms with E-state index in [1.54, 1.807) is 0 Å². The molecule has 0 aromatic heterocycles. The summed E-state index contributed by atoms with van der Waals surface area (Å²) in [6.45, 7) is 10.4. The molecule has 0 aliphatic heterocycles. The van der Waals surface area contributed by atoms with E-state index in [2.05, 4.69) is 19.2 Å². The predicted octanol–water partition coefficient (Wildman–Crippen LogP) is 3.28. The van der Waals surface area contributed by atoms with Crippen molar-refractivity contribution in [3.8, 4) is 0 Å². The molecule has 6 heteroatoms. The van der Waals surface area contributed by atoms with Gasteiger partial charge in [-0.15, -0.1) is 12.4 Å². The van der Waals surface area contributed by atoms with Gasteiger partial charge in [-0.1, -0.05) is 26.0 Å². The highest BCUT2D eigenvalue weighted by Gasteiger charge is 2.16. The summed E-state index contributed by atoms with van der Waals surface area (Å²) in [5.41, 5.74) is 8.78. The molecule has 1 aromatic rings. The number of rotatable bonds is 10. The molecular weight excluding hydrogens is 328 g/mol. The summed E-state index contributed by atoms with van der Waals surface area (Å²) in [6, 6.07) is 5.32. The third-order valence-electron chi connectivity index (χ3n) is 3.60. The first kappa shape index (κ1) is 22.9. The van der Waals surface area contributed by atoms with Crippen LogP contribution in [0.15, 0.2) is 18.2 Å². The van der Waals surface area contributed by atoms with Gasteiger partial charge in [-0.3, -0.25) is 4.79 Å². The maximum atomic E-state index is 12.2. The van der Waals surface area contributed by atoms with Crippen molar-refractivity contribution in [1.29, 1.82) is 0 Å². The van der Waals surface area contributed by atoms with E-state index >= 15 is 0 Å². The van der Waals surface area contributed by atoms with Crippen molar-refractivity contribution in [1.82, 2.24) is 0 Å². The zero-order chi connectivity index (χ0) is 17.2. The van der Waals surface area contributed by atoms with E-state index in [1.165, 1.54) is 0 Å².